The van der Waals surface area contributed by atoms with Gasteiger partial charge in [-0.25, -0.2) is 15.0 Å². The number of furan rings is 1. The quantitative estimate of drug-likeness (QED) is 0.171. The smallest absolute Gasteiger partial charge is 0.164 e. The summed E-state index contributed by atoms with van der Waals surface area (Å²) in [5, 5.41) is 4.71. The Morgan fingerprint density at radius 1 is 0.286 bits per heavy atom. The van der Waals surface area contributed by atoms with Crippen molar-refractivity contribution in [3.8, 4) is 67.5 Å². The van der Waals surface area contributed by atoms with E-state index >= 15 is 0 Å². The number of aromatic nitrogens is 3. The number of nitrogens with zero attached hydrogens (tertiary/aromatic N) is 3. The van der Waals surface area contributed by atoms with Gasteiger partial charge in [-0.05, 0) is 75.8 Å². The third kappa shape index (κ3) is 5.74. The number of rotatable bonds is 6. The maximum atomic E-state index is 6.27. The lowest BCUT2D eigenvalue weighted by atomic mass is 10.00. The van der Waals surface area contributed by atoms with Gasteiger partial charge in [0.25, 0.3) is 0 Å². The van der Waals surface area contributed by atoms with Crippen LogP contribution in [0.4, 0.5) is 0 Å². The number of hydrogen-bond donors (Lipinski definition) is 0. The SMILES string of the molecule is c1ccc(-c2ccc(-c3nc(-c4cccc(-c5ccc6c(c5)sc5ccc(-c7ccccc7)cc56)c4)nc(-c4ccc5c(c4)oc4ccccc45)n3)cc2)cc1. The highest BCUT2D eigenvalue weighted by Crippen LogP contribution is 2.39. The topological polar surface area (TPSA) is 51.8 Å². The molecule has 0 radical (unpaired) electrons. The van der Waals surface area contributed by atoms with E-state index in [-0.39, 0.29) is 0 Å². The van der Waals surface area contributed by atoms with Crippen LogP contribution in [0.5, 0.6) is 0 Å². The van der Waals surface area contributed by atoms with Gasteiger partial charge in [0.15, 0.2) is 17.5 Å². The minimum Gasteiger partial charge on any atom is -0.456 e. The van der Waals surface area contributed by atoms with Crippen molar-refractivity contribution in [2.24, 2.45) is 0 Å². The van der Waals surface area contributed by atoms with Crippen molar-refractivity contribution in [1.82, 2.24) is 15.0 Å². The molecular formula is C51H31N3OS. The second-order valence-electron chi connectivity index (χ2n) is 14.0. The third-order valence-electron chi connectivity index (χ3n) is 10.6. The van der Waals surface area contributed by atoms with Gasteiger partial charge in [0, 0.05) is 47.6 Å². The summed E-state index contributed by atoms with van der Waals surface area (Å²) >= 11 is 1.83. The minimum atomic E-state index is 0.589. The fourth-order valence-electron chi connectivity index (χ4n) is 7.68. The van der Waals surface area contributed by atoms with E-state index in [0.29, 0.717) is 17.5 Å². The molecule has 0 unspecified atom stereocenters. The molecule has 262 valence electrons. The summed E-state index contributed by atoms with van der Waals surface area (Å²) in [5.74, 6) is 1.81. The Hall–Kier alpha value is -7.21. The zero-order chi connectivity index (χ0) is 37.0. The molecule has 8 aromatic carbocycles. The van der Waals surface area contributed by atoms with E-state index in [1.807, 2.05) is 41.7 Å². The fraction of sp³-hybridized carbons (Fsp3) is 0. The average molecular weight is 734 g/mol. The third-order valence-corrected chi connectivity index (χ3v) is 11.7. The van der Waals surface area contributed by atoms with Crippen molar-refractivity contribution in [3.63, 3.8) is 0 Å². The molecule has 5 heteroatoms. The monoisotopic (exact) mass is 733 g/mol. The summed E-state index contributed by atoms with van der Waals surface area (Å²) in [6.07, 6.45) is 0. The van der Waals surface area contributed by atoms with Gasteiger partial charge in [-0.3, -0.25) is 0 Å². The Kier molecular flexibility index (Phi) is 7.64. The zero-order valence-electron chi connectivity index (χ0n) is 30.1. The molecule has 0 saturated carbocycles. The van der Waals surface area contributed by atoms with Crippen LogP contribution in [0.25, 0.3) is 110 Å². The first kappa shape index (κ1) is 32.2. The van der Waals surface area contributed by atoms with Crippen LogP contribution in [0.15, 0.2) is 192 Å². The molecule has 4 nitrogen and oxygen atoms in total. The second kappa shape index (κ2) is 13.3. The van der Waals surface area contributed by atoms with Crippen LogP contribution in [0.2, 0.25) is 0 Å². The lowest BCUT2D eigenvalue weighted by Gasteiger charge is -2.10. The van der Waals surface area contributed by atoms with E-state index in [1.165, 1.54) is 31.3 Å². The highest BCUT2D eigenvalue weighted by Gasteiger charge is 2.16. The highest BCUT2D eigenvalue weighted by atomic mass is 32.1. The van der Waals surface area contributed by atoms with Gasteiger partial charge in [0.2, 0.25) is 0 Å². The molecule has 0 atom stereocenters. The molecule has 0 saturated heterocycles. The van der Waals surface area contributed by atoms with E-state index in [0.717, 1.165) is 60.9 Å². The van der Waals surface area contributed by atoms with Crippen LogP contribution >= 0.6 is 11.3 Å². The second-order valence-corrected chi connectivity index (χ2v) is 15.1. The Bertz CT molecular complexity index is 3240. The maximum Gasteiger partial charge on any atom is 0.164 e. The summed E-state index contributed by atoms with van der Waals surface area (Å²) in [5.41, 5.74) is 11.4. The van der Waals surface area contributed by atoms with Gasteiger partial charge in [0.1, 0.15) is 11.2 Å². The molecule has 3 aromatic heterocycles. The number of hydrogen-bond acceptors (Lipinski definition) is 5. The summed E-state index contributed by atoms with van der Waals surface area (Å²) in [6.45, 7) is 0. The predicted molar refractivity (Wildman–Crippen MR) is 233 cm³/mol. The van der Waals surface area contributed by atoms with Crippen molar-refractivity contribution in [1.29, 1.82) is 0 Å². The van der Waals surface area contributed by atoms with Crippen LogP contribution in [-0.4, -0.2) is 15.0 Å². The molecule has 0 N–H and O–H groups in total. The van der Waals surface area contributed by atoms with Crippen molar-refractivity contribution in [2.45, 2.75) is 0 Å². The normalized spacial score (nSPS) is 11.6. The molecule has 0 spiro atoms. The standard InChI is InChI=1S/C51H31N3OS/c1-3-10-32(11-4-1)34-18-20-35(21-19-34)49-52-50(54-51(53-49)40-23-25-42-41-16-7-8-17-45(41)55-46(42)30-40)39-15-9-14-36(28-39)38-22-26-43-44-29-37(33-12-5-2-6-13-33)24-27-47(44)56-48(43)31-38/h1-31H. The van der Waals surface area contributed by atoms with Crippen LogP contribution in [-0.2, 0) is 0 Å². The molecule has 3 heterocycles. The summed E-state index contributed by atoms with van der Waals surface area (Å²) in [4.78, 5) is 15.3. The molecule has 0 amide bonds. The van der Waals surface area contributed by atoms with E-state index in [2.05, 4.69) is 158 Å². The first-order valence-corrected chi connectivity index (χ1v) is 19.5. The molecule has 0 aliphatic carbocycles. The molecule has 0 aliphatic heterocycles. The highest BCUT2D eigenvalue weighted by molar-refractivity contribution is 7.25. The molecule has 0 fully saturated rings. The Balaban J connectivity index is 1.00. The summed E-state index contributed by atoms with van der Waals surface area (Å²) in [6, 6.07) is 65.8. The van der Waals surface area contributed by atoms with Gasteiger partial charge in [-0.2, -0.15) is 0 Å². The van der Waals surface area contributed by atoms with Crippen LogP contribution in [0.1, 0.15) is 0 Å². The minimum absolute atomic E-state index is 0.589. The van der Waals surface area contributed by atoms with Gasteiger partial charge in [0.05, 0.1) is 0 Å². The lowest BCUT2D eigenvalue weighted by Crippen LogP contribution is -2.00. The summed E-state index contributed by atoms with van der Waals surface area (Å²) in [7, 11) is 0. The van der Waals surface area contributed by atoms with Crippen molar-refractivity contribution < 1.29 is 4.42 Å². The molecule has 0 bridgehead atoms. The van der Waals surface area contributed by atoms with Crippen LogP contribution in [0, 0.1) is 0 Å². The lowest BCUT2D eigenvalue weighted by molar-refractivity contribution is 0.669. The number of benzene rings is 8. The molecule has 56 heavy (non-hydrogen) atoms. The molecule has 11 aromatic rings. The predicted octanol–water partition coefficient (Wildman–Crippen LogP) is 14.1. The van der Waals surface area contributed by atoms with E-state index in [4.69, 9.17) is 19.4 Å². The Morgan fingerprint density at radius 2 is 0.786 bits per heavy atom. The molecule has 11 rings (SSSR count). The number of thiophene rings is 1. The molecular weight excluding hydrogens is 703 g/mol. The fourth-order valence-corrected chi connectivity index (χ4v) is 8.80. The van der Waals surface area contributed by atoms with E-state index in [9.17, 15) is 0 Å². The van der Waals surface area contributed by atoms with Gasteiger partial charge >= 0.3 is 0 Å². The van der Waals surface area contributed by atoms with E-state index in [1.54, 1.807) is 0 Å². The van der Waals surface area contributed by atoms with Crippen LogP contribution in [0.3, 0.4) is 0 Å². The van der Waals surface area contributed by atoms with Gasteiger partial charge in [-0.1, -0.05) is 146 Å². The maximum absolute atomic E-state index is 6.27. The number of fused-ring (bicyclic) bond motifs is 6. The first-order valence-electron chi connectivity index (χ1n) is 18.7. The van der Waals surface area contributed by atoms with Crippen LogP contribution < -0.4 is 0 Å². The number of para-hydroxylation sites is 1. The van der Waals surface area contributed by atoms with Crippen molar-refractivity contribution in [2.75, 3.05) is 0 Å². The summed E-state index contributed by atoms with van der Waals surface area (Å²) < 4.78 is 8.82. The van der Waals surface area contributed by atoms with Crippen molar-refractivity contribution in [3.05, 3.63) is 188 Å². The zero-order valence-corrected chi connectivity index (χ0v) is 30.9. The first-order chi connectivity index (χ1) is 27.7. The Morgan fingerprint density at radius 3 is 1.57 bits per heavy atom. The van der Waals surface area contributed by atoms with E-state index < -0.39 is 0 Å². The van der Waals surface area contributed by atoms with Crippen molar-refractivity contribution >= 4 is 53.4 Å². The van der Waals surface area contributed by atoms with Gasteiger partial charge < -0.3 is 4.42 Å². The molecule has 0 aliphatic rings. The Labute approximate surface area is 327 Å². The average Bonchev–Trinajstić information content (AvgIpc) is 3.84. The van der Waals surface area contributed by atoms with Gasteiger partial charge in [-0.15, -0.1) is 11.3 Å². The largest absolute Gasteiger partial charge is 0.456 e.